The summed E-state index contributed by atoms with van der Waals surface area (Å²) in [4.78, 5) is 12.0. The zero-order chi connectivity index (χ0) is 15.1. The lowest BCUT2D eigenvalue weighted by atomic mass is 10.1. The molecular formula is C18H18O3. The molecule has 3 nitrogen and oxygen atoms in total. The Labute approximate surface area is 124 Å². The fraction of sp³-hybridized carbons (Fsp3) is 0.167. The number of ether oxygens (including phenoxy) is 2. The highest BCUT2D eigenvalue weighted by Crippen LogP contribution is 2.29. The Morgan fingerprint density at radius 2 is 1.71 bits per heavy atom. The van der Waals surface area contributed by atoms with E-state index in [1.165, 1.54) is 0 Å². The van der Waals surface area contributed by atoms with Crippen LogP contribution in [0.2, 0.25) is 0 Å². The van der Waals surface area contributed by atoms with Crippen LogP contribution in [0.25, 0.3) is 11.1 Å². The molecule has 2 aromatic rings. The summed E-state index contributed by atoms with van der Waals surface area (Å²) in [6.45, 7) is 6.27. The van der Waals surface area contributed by atoms with Gasteiger partial charge in [-0.2, -0.15) is 0 Å². The molecule has 0 saturated carbocycles. The first-order valence-corrected chi connectivity index (χ1v) is 6.84. The molecule has 0 aromatic heterocycles. The monoisotopic (exact) mass is 282 g/mol. The summed E-state index contributed by atoms with van der Waals surface area (Å²) in [6.07, 6.45) is 0. The van der Waals surface area contributed by atoms with Gasteiger partial charge in [-0.1, -0.05) is 55.1 Å². The van der Waals surface area contributed by atoms with Crippen LogP contribution in [0.3, 0.4) is 0 Å². The maximum atomic E-state index is 12.0. The average Bonchev–Trinajstić information content (AvgIpc) is 2.54. The molecule has 108 valence electrons. The highest BCUT2D eigenvalue weighted by molar-refractivity contribution is 5.91. The Kier molecular flexibility index (Phi) is 5.29. The van der Waals surface area contributed by atoms with Crippen molar-refractivity contribution in [2.45, 2.75) is 6.92 Å². The average molecular weight is 282 g/mol. The third kappa shape index (κ3) is 4.04. The molecule has 3 heteroatoms. The number of hydrogen-bond donors (Lipinski definition) is 0. The summed E-state index contributed by atoms with van der Waals surface area (Å²) in [5, 5.41) is 0. The quantitative estimate of drug-likeness (QED) is 0.458. The predicted octanol–water partition coefficient (Wildman–Crippen LogP) is 3.85. The molecule has 0 fully saturated rings. The van der Waals surface area contributed by atoms with Crippen molar-refractivity contribution >= 4 is 5.97 Å². The number of hydrogen-bond acceptors (Lipinski definition) is 3. The van der Waals surface area contributed by atoms with E-state index in [2.05, 4.69) is 6.58 Å². The molecule has 0 radical (unpaired) electrons. The molecule has 21 heavy (non-hydrogen) atoms. The minimum Gasteiger partial charge on any atom is -0.422 e. The van der Waals surface area contributed by atoms with Gasteiger partial charge in [-0.05, 0) is 18.6 Å². The summed E-state index contributed by atoms with van der Waals surface area (Å²) in [6, 6.07) is 17.2. The Morgan fingerprint density at radius 3 is 2.43 bits per heavy atom. The predicted molar refractivity (Wildman–Crippen MR) is 83.1 cm³/mol. The molecule has 0 N–H and O–H groups in total. The van der Waals surface area contributed by atoms with E-state index >= 15 is 0 Å². The van der Waals surface area contributed by atoms with Gasteiger partial charge in [0.25, 0.3) is 0 Å². The van der Waals surface area contributed by atoms with E-state index in [1.54, 1.807) is 6.07 Å². The van der Waals surface area contributed by atoms with Gasteiger partial charge < -0.3 is 9.47 Å². The fourth-order valence-electron chi connectivity index (χ4n) is 1.87. The minimum absolute atomic E-state index is 0.183. The van der Waals surface area contributed by atoms with E-state index in [1.807, 2.05) is 55.5 Å². The van der Waals surface area contributed by atoms with Gasteiger partial charge in [0, 0.05) is 12.2 Å². The topological polar surface area (TPSA) is 35.5 Å². The second-order valence-electron chi connectivity index (χ2n) is 4.49. The normalized spacial score (nSPS) is 10.1. The maximum Gasteiger partial charge on any atom is 0.341 e. The van der Waals surface area contributed by atoms with E-state index in [0.717, 1.165) is 11.1 Å². The number of rotatable bonds is 6. The number of esters is 1. The van der Waals surface area contributed by atoms with Crippen LogP contribution in [0.5, 0.6) is 5.75 Å². The first-order chi connectivity index (χ1) is 10.2. The van der Waals surface area contributed by atoms with Crippen LogP contribution in [0.4, 0.5) is 0 Å². The summed E-state index contributed by atoms with van der Waals surface area (Å²) in [5.74, 6) is 0.0539. The number of benzene rings is 2. The van der Waals surface area contributed by atoms with Crippen LogP contribution in [-0.2, 0) is 9.53 Å². The smallest absolute Gasteiger partial charge is 0.341 e. The zero-order valence-corrected chi connectivity index (χ0v) is 12.0. The molecule has 0 aliphatic carbocycles. The highest BCUT2D eigenvalue weighted by atomic mass is 16.5. The molecule has 0 saturated heterocycles. The summed E-state index contributed by atoms with van der Waals surface area (Å²) >= 11 is 0. The van der Waals surface area contributed by atoms with E-state index in [0.29, 0.717) is 17.9 Å². The number of carbonyl (C=O) groups excluding carboxylic acids is 1. The second-order valence-corrected chi connectivity index (χ2v) is 4.49. The van der Waals surface area contributed by atoms with Crippen LogP contribution in [0.15, 0.2) is 66.7 Å². The summed E-state index contributed by atoms with van der Waals surface area (Å²) in [5.41, 5.74) is 2.17. The molecule has 2 rings (SSSR count). The van der Waals surface area contributed by atoms with Gasteiger partial charge in [-0.15, -0.1) is 0 Å². The molecule has 0 aliphatic rings. The lowest BCUT2D eigenvalue weighted by Crippen LogP contribution is -2.15. The van der Waals surface area contributed by atoms with Crippen LogP contribution in [-0.4, -0.2) is 19.2 Å². The molecular weight excluding hydrogens is 264 g/mol. The van der Waals surface area contributed by atoms with Gasteiger partial charge >= 0.3 is 5.97 Å². The third-order valence-corrected chi connectivity index (χ3v) is 2.94. The molecule has 2 aromatic carbocycles. The van der Waals surface area contributed by atoms with Crippen molar-refractivity contribution in [2.24, 2.45) is 0 Å². The van der Waals surface area contributed by atoms with E-state index in [9.17, 15) is 4.79 Å². The molecule has 0 unspecified atom stereocenters. The van der Waals surface area contributed by atoms with Crippen LogP contribution >= 0.6 is 0 Å². The molecule has 0 amide bonds. The number of carbonyl (C=O) groups is 1. The summed E-state index contributed by atoms with van der Waals surface area (Å²) < 4.78 is 10.6. The van der Waals surface area contributed by atoms with Gasteiger partial charge in [-0.3, -0.25) is 0 Å². The first-order valence-electron chi connectivity index (χ1n) is 6.84. The Bertz CT molecular complexity index is 617. The van der Waals surface area contributed by atoms with Crippen molar-refractivity contribution < 1.29 is 14.3 Å². The van der Waals surface area contributed by atoms with Gasteiger partial charge in [0.2, 0.25) is 0 Å². The third-order valence-electron chi connectivity index (χ3n) is 2.94. The Hall–Kier alpha value is -2.39. The van der Waals surface area contributed by atoms with Gasteiger partial charge in [-0.25, -0.2) is 4.79 Å². The summed E-state index contributed by atoms with van der Waals surface area (Å²) in [7, 11) is 0. The van der Waals surface area contributed by atoms with E-state index < -0.39 is 5.97 Å². The van der Waals surface area contributed by atoms with Crippen LogP contribution in [0, 0.1) is 0 Å². The fourth-order valence-corrected chi connectivity index (χ4v) is 1.87. The zero-order valence-electron chi connectivity index (χ0n) is 12.0. The number of para-hydroxylation sites is 1. The van der Waals surface area contributed by atoms with Crippen molar-refractivity contribution in [2.75, 3.05) is 13.2 Å². The second kappa shape index (κ2) is 7.41. The van der Waals surface area contributed by atoms with Crippen molar-refractivity contribution in [3.8, 4) is 16.9 Å². The lowest BCUT2D eigenvalue weighted by Gasteiger charge is -2.11. The maximum absolute atomic E-state index is 12.0. The Morgan fingerprint density at radius 1 is 1.05 bits per heavy atom. The van der Waals surface area contributed by atoms with Crippen molar-refractivity contribution in [3.63, 3.8) is 0 Å². The molecule has 0 bridgehead atoms. The standard InChI is InChI=1S/C18H18O3/c1-3-20-13-14(2)18(19)21-17-12-8-7-11-16(17)15-9-5-4-6-10-15/h4-12H,2-3,13H2,1H3. The molecule has 0 spiro atoms. The van der Waals surface area contributed by atoms with E-state index in [-0.39, 0.29) is 6.61 Å². The van der Waals surface area contributed by atoms with Crippen molar-refractivity contribution in [1.29, 1.82) is 0 Å². The molecule has 0 heterocycles. The largest absolute Gasteiger partial charge is 0.422 e. The van der Waals surface area contributed by atoms with Gasteiger partial charge in [0.15, 0.2) is 0 Å². The minimum atomic E-state index is -0.466. The van der Waals surface area contributed by atoms with Crippen LogP contribution in [0.1, 0.15) is 6.92 Å². The van der Waals surface area contributed by atoms with Crippen LogP contribution < -0.4 is 4.74 Å². The highest BCUT2D eigenvalue weighted by Gasteiger charge is 2.13. The van der Waals surface area contributed by atoms with Crippen molar-refractivity contribution in [3.05, 3.63) is 66.7 Å². The van der Waals surface area contributed by atoms with E-state index in [4.69, 9.17) is 9.47 Å². The lowest BCUT2D eigenvalue weighted by molar-refractivity contribution is -0.130. The Balaban J connectivity index is 2.18. The van der Waals surface area contributed by atoms with Gasteiger partial charge in [0.1, 0.15) is 5.75 Å². The molecule has 0 aliphatic heterocycles. The molecule has 0 atom stereocenters. The SMILES string of the molecule is C=C(COCC)C(=O)Oc1ccccc1-c1ccccc1. The van der Waals surface area contributed by atoms with Crippen molar-refractivity contribution in [1.82, 2.24) is 0 Å². The first kappa shape index (κ1) is 15.0. The van der Waals surface area contributed by atoms with Gasteiger partial charge in [0.05, 0.1) is 12.2 Å².